The molecule has 166 valence electrons. The Balaban J connectivity index is 1.44. The molecule has 0 aromatic carbocycles. The van der Waals surface area contributed by atoms with Crippen molar-refractivity contribution in [3.8, 4) is 0 Å². The van der Waals surface area contributed by atoms with Crippen LogP contribution < -0.4 is 10.6 Å². The maximum Gasteiger partial charge on any atom is 0.407 e. The van der Waals surface area contributed by atoms with Gasteiger partial charge in [-0.15, -0.1) is 0 Å². The Bertz CT molecular complexity index is 1060. The predicted molar refractivity (Wildman–Crippen MR) is 116 cm³/mol. The number of methoxy groups -OCH3 is 1. The van der Waals surface area contributed by atoms with Gasteiger partial charge in [-0.2, -0.15) is 10.2 Å². The molecule has 2 unspecified atom stereocenters. The van der Waals surface area contributed by atoms with Crippen molar-refractivity contribution in [3.05, 3.63) is 29.7 Å². The summed E-state index contributed by atoms with van der Waals surface area (Å²) in [5.74, 6) is 1.64. The van der Waals surface area contributed by atoms with E-state index >= 15 is 0 Å². The molecule has 4 rings (SSSR count). The number of carbonyl (C=O) groups excluding carboxylic acids is 1. The highest BCUT2D eigenvalue weighted by atomic mass is 16.6. The number of aromatic amines is 1. The number of fused-ring (bicyclic) bond motifs is 1. The van der Waals surface area contributed by atoms with Crippen LogP contribution in [-0.2, 0) is 23.1 Å². The molecular weight excluding hydrogens is 398 g/mol. The lowest BCUT2D eigenvalue weighted by atomic mass is 10.0. The number of amides is 1. The van der Waals surface area contributed by atoms with Crippen LogP contribution in [0.15, 0.2) is 18.3 Å². The monoisotopic (exact) mass is 427 g/mol. The molecule has 1 fully saturated rings. The number of alkyl carbamates (subject to hydrolysis) is 1. The highest BCUT2D eigenvalue weighted by Gasteiger charge is 2.30. The fourth-order valence-electron chi connectivity index (χ4n) is 4.12. The van der Waals surface area contributed by atoms with Crippen molar-refractivity contribution in [1.82, 2.24) is 30.3 Å². The summed E-state index contributed by atoms with van der Waals surface area (Å²) < 4.78 is 12.6. The van der Waals surface area contributed by atoms with Crippen molar-refractivity contribution in [2.45, 2.75) is 57.8 Å². The summed E-state index contributed by atoms with van der Waals surface area (Å²) in [6, 6.07) is 3.99. The molecule has 31 heavy (non-hydrogen) atoms. The third kappa shape index (κ3) is 4.63. The number of nitrogens with one attached hydrogen (secondary N) is 3. The van der Waals surface area contributed by atoms with Gasteiger partial charge < -0.3 is 20.1 Å². The Kier molecular flexibility index (Phi) is 6.08. The zero-order chi connectivity index (χ0) is 22.0. The van der Waals surface area contributed by atoms with Crippen molar-refractivity contribution in [2.75, 3.05) is 12.4 Å². The number of anilines is 2. The molecular formula is C21H29N7O3. The molecule has 1 aliphatic rings. The minimum atomic E-state index is -0.351. The van der Waals surface area contributed by atoms with E-state index in [1.54, 1.807) is 18.0 Å². The topological polar surface area (TPSA) is 119 Å². The molecule has 0 aliphatic heterocycles. The van der Waals surface area contributed by atoms with Crippen LogP contribution in [0.2, 0.25) is 0 Å². The number of carbonyl (C=O) groups is 1. The molecule has 3 aromatic rings. The molecule has 1 amide bonds. The highest BCUT2D eigenvalue weighted by Crippen LogP contribution is 2.36. The van der Waals surface area contributed by atoms with Gasteiger partial charge in [0.1, 0.15) is 11.6 Å². The quantitative estimate of drug-likeness (QED) is 0.529. The fourth-order valence-corrected chi connectivity index (χ4v) is 4.12. The summed E-state index contributed by atoms with van der Waals surface area (Å²) in [7, 11) is 3.54. The lowest BCUT2D eigenvalue weighted by Gasteiger charge is -2.14. The van der Waals surface area contributed by atoms with Crippen LogP contribution in [0, 0.1) is 0 Å². The number of nitrogens with zero attached hydrogens (tertiary/aromatic N) is 4. The fraction of sp³-hybridized carbons (Fsp3) is 0.524. The molecule has 10 nitrogen and oxygen atoms in total. The van der Waals surface area contributed by atoms with Crippen LogP contribution in [0.1, 0.15) is 50.4 Å². The van der Waals surface area contributed by atoms with Gasteiger partial charge in [-0.25, -0.2) is 9.78 Å². The zero-order valence-electron chi connectivity index (χ0n) is 18.3. The number of aromatic nitrogens is 5. The van der Waals surface area contributed by atoms with Crippen LogP contribution >= 0.6 is 0 Å². The van der Waals surface area contributed by atoms with Crippen molar-refractivity contribution >= 4 is 28.6 Å². The molecule has 3 heterocycles. The highest BCUT2D eigenvalue weighted by molar-refractivity contribution is 5.91. The van der Waals surface area contributed by atoms with Gasteiger partial charge in [-0.3, -0.25) is 9.78 Å². The maximum absolute atomic E-state index is 11.9. The second-order valence-electron chi connectivity index (χ2n) is 8.23. The van der Waals surface area contributed by atoms with Gasteiger partial charge in [0.2, 0.25) is 0 Å². The van der Waals surface area contributed by atoms with Crippen molar-refractivity contribution in [3.63, 3.8) is 0 Å². The molecule has 0 saturated heterocycles. The minimum absolute atomic E-state index is 0.0639. The normalized spacial score (nSPS) is 18.6. The first-order valence-electron chi connectivity index (χ1n) is 10.5. The van der Waals surface area contributed by atoms with E-state index in [1.807, 2.05) is 33.0 Å². The molecule has 1 aliphatic carbocycles. The first-order valence-corrected chi connectivity index (χ1v) is 10.5. The Morgan fingerprint density at radius 2 is 2.23 bits per heavy atom. The van der Waals surface area contributed by atoms with Gasteiger partial charge in [0.25, 0.3) is 0 Å². The first-order chi connectivity index (χ1) is 14.9. The average Bonchev–Trinajstić information content (AvgIpc) is 3.42. The van der Waals surface area contributed by atoms with Crippen LogP contribution in [0.25, 0.3) is 10.9 Å². The number of pyridine rings is 1. The van der Waals surface area contributed by atoms with E-state index in [4.69, 9.17) is 9.47 Å². The van der Waals surface area contributed by atoms with E-state index in [9.17, 15) is 4.79 Å². The van der Waals surface area contributed by atoms with Gasteiger partial charge in [0, 0.05) is 49.5 Å². The summed E-state index contributed by atoms with van der Waals surface area (Å²) in [6.45, 7) is 4.27. The molecule has 1 saturated carbocycles. The Labute approximate surface area is 180 Å². The van der Waals surface area contributed by atoms with E-state index in [-0.39, 0.29) is 24.2 Å². The van der Waals surface area contributed by atoms with E-state index < -0.39 is 0 Å². The molecule has 0 spiro atoms. The molecule has 3 N–H and O–H groups in total. The minimum Gasteiger partial charge on any atom is -0.446 e. The zero-order valence-corrected chi connectivity index (χ0v) is 18.3. The van der Waals surface area contributed by atoms with Crippen LogP contribution in [0.5, 0.6) is 0 Å². The van der Waals surface area contributed by atoms with Crippen LogP contribution in [-0.4, -0.2) is 50.3 Å². The van der Waals surface area contributed by atoms with Crippen LogP contribution in [0.3, 0.4) is 0 Å². The molecule has 3 aromatic heterocycles. The first kappa shape index (κ1) is 21.1. The average molecular weight is 428 g/mol. The van der Waals surface area contributed by atoms with Crippen molar-refractivity contribution in [1.29, 1.82) is 0 Å². The SMILES string of the molecule is COCc1nn(C)c2c(Nc3cc(C4CCC(OC(=O)NC(C)C)C4)[nH]n3)nccc12. The molecule has 0 radical (unpaired) electrons. The molecule has 2 atom stereocenters. The smallest absolute Gasteiger partial charge is 0.407 e. The van der Waals surface area contributed by atoms with E-state index in [1.165, 1.54) is 0 Å². The van der Waals surface area contributed by atoms with Crippen molar-refractivity contribution < 1.29 is 14.3 Å². The molecule has 10 heteroatoms. The number of H-pyrrole nitrogens is 1. The van der Waals surface area contributed by atoms with E-state index in [0.717, 1.165) is 41.6 Å². The largest absolute Gasteiger partial charge is 0.446 e. The molecule has 0 bridgehead atoms. The van der Waals surface area contributed by atoms with Crippen LogP contribution in [0.4, 0.5) is 16.4 Å². The Hall–Kier alpha value is -3.14. The number of ether oxygens (including phenoxy) is 2. The predicted octanol–water partition coefficient (Wildman–Crippen LogP) is 3.35. The van der Waals surface area contributed by atoms with Gasteiger partial charge in [-0.05, 0) is 39.2 Å². The van der Waals surface area contributed by atoms with E-state index in [2.05, 4.69) is 30.9 Å². The second-order valence-corrected chi connectivity index (χ2v) is 8.23. The third-order valence-electron chi connectivity index (χ3n) is 5.46. The summed E-state index contributed by atoms with van der Waals surface area (Å²) in [5.41, 5.74) is 2.78. The summed E-state index contributed by atoms with van der Waals surface area (Å²) >= 11 is 0. The van der Waals surface area contributed by atoms with Gasteiger partial charge in [-0.1, -0.05) is 0 Å². The number of rotatable bonds is 7. The summed E-state index contributed by atoms with van der Waals surface area (Å²) in [6.07, 6.45) is 3.89. The van der Waals surface area contributed by atoms with Crippen molar-refractivity contribution in [2.24, 2.45) is 7.05 Å². The standard InChI is InChI=1S/C21H29N7O3/c1-12(2)23-21(29)31-14-6-5-13(9-14)16-10-18(26-25-16)24-20-19-15(7-8-22-20)17(11-30-4)27-28(19)3/h7-8,10,12-14H,5-6,9,11H2,1-4H3,(H,23,29)(H2,22,24,25,26). The Morgan fingerprint density at radius 1 is 1.39 bits per heavy atom. The second kappa shape index (κ2) is 8.93. The third-order valence-corrected chi connectivity index (χ3v) is 5.46. The summed E-state index contributed by atoms with van der Waals surface area (Å²) in [5, 5.41) is 19.1. The van der Waals surface area contributed by atoms with E-state index in [0.29, 0.717) is 18.2 Å². The number of hydrogen-bond donors (Lipinski definition) is 3. The summed E-state index contributed by atoms with van der Waals surface area (Å²) in [4.78, 5) is 16.3. The lowest BCUT2D eigenvalue weighted by Crippen LogP contribution is -2.33. The number of aryl methyl sites for hydroxylation is 1. The maximum atomic E-state index is 11.9. The van der Waals surface area contributed by atoms with Gasteiger partial charge >= 0.3 is 6.09 Å². The lowest BCUT2D eigenvalue weighted by molar-refractivity contribution is 0.0981. The van der Waals surface area contributed by atoms with Gasteiger partial charge in [0.05, 0.1) is 12.3 Å². The number of hydrogen-bond acceptors (Lipinski definition) is 7. The Morgan fingerprint density at radius 3 is 3.00 bits per heavy atom. The van der Waals surface area contributed by atoms with Gasteiger partial charge in [0.15, 0.2) is 11.6 Å².